The summed E-state index contributed by atoms with van der Waals surface area (Å²) in [6.45, 7) is 14.6. The molecule has 0 aliphatic carbocycles. The molecule has 0 saturated carbocycles. The Morgan fingerprint density at radius 1 is 1.33 bits per heavy atom. The van der Waals surface area contributed by atoms with Crippen LogP contribution < -0.4 is 5.32 Å². The van der Waals surface area contributed by atoms with Crippen molar-refractivity contribution in [2.45, 2.75) is 65.6 Å². The molecule has 1 aliphatic rings. The Morgan fingerprint density at radius 3 is 2.48 bits per heavy atom. The fraction of sp³-hybridized carbons (Fsp3) is 0.875. The summed E-state index contributed by atoms with van der Waals surface area (Å²) in [4.78, 5) is 2.60. The number of aromatic nitrogens is 3. The second-order valence-corrected chi connectivity index (χ2v) is 7.54. The lowest BCUT2D eigenvalue weighted by atomic mass is 9.80. The van der Waals surface area contributed by atoms with Gasteiger partial charge >= 0.3 is 0 Å². The molecule has 21 heavy (non-hydrogen) atoms. The lowest BCUT2D eigenvalue weighted by Gasteiger charge is -2.51. The lowest BCUT2D eigenvalue weighted by molar-refractivity contribution is 0.0123. The zero-order valence-electron chi connectivity index (χ0n) is 14.5. The van der Waals surface area contributed by atoms with Crippen LogP contribution in [0.2, 0.25) is 0 Å². The predicted octanol–water partition coefficient (Wildman–Crippen LogP) is 2.19. The smallest absolute Gasteiger partial charge is 0.0967 e. The van der Waals surface area contributed by atoms with E-state index in [0.717, 1.165) is 38.2 Å². The maximum Gasteiger partial charge on any atom is 0.0967 e. The monoisotopic (exact) mass is 293 g/mol. The average molecular weight is 293 g/mol. The molecule has 1 saturated heterocycles. The van der Waals surface area contributed by atoms with Gasteiger partial charge in [-0.15, -0.1) is 5.10 Å². The molecule has 0 spiro atoms. The van der Waals surface area contributed by atoms with Gasteiger partial charge < -0.3 is 5.32 Å². The maximum absolute atomic E-state index is 4.28. The van der Waals surface area contributed by atoms with E-state index in [9.17, 15) is 0 Å². The summed E-state index contributed by atoms with van der Waals surface area (Å²) in [7, 11) is 1.93. The first-order valence-corrected chi connectivity index (χ1v) is 8.14. The number of hydrogen-bond donors (Lipinski definition) is 1. The van der Waals surface area contributed by atoms with Gasteiger partial charge in [-0.2, -0.15) is 0 Å². The van der Waals surface area contributed by atoms with Crippen molar-refractivity contribution < 1.29 is 0 Å². The molecule has 0 radical (unpaired) electrons. The van der Waals surface area contributed by atoms with Crippen LogP contribution in [-0.4, -0.2) is 44.6 Å². The normalized spacial score (nSPS) is 23.4. The second-order valence-electron chi connectivity index (χ2n) is 7.54. The maximum atomic E-state index is 4.28. The van der Waals surface area contributed by atoms with Crippen LogP contribution in [0.25, 0.3) is 0 Å². The van der Waals surface area contributed by atoms with Crippen LogP contribution in [0.5, 0.6) is 0 Å². The third kappa shape index (κ3) is 3.64. The van der Waals surface area contributed by atoms with Crippen LogP contribution in [0.1, 0.15) is 53.2 Å². The van der Waals surface area contributed by atoms with Gasteiger partial charge in [0.15, 0.2) is 0 Å². The summed E-state index contributed by atoms with van der Waals surface area (Å²) in [5.74, 6) is 0. The molecule has 5 nitrogen and oxygen atoms in total. The van der Waals surface area contributed by atoms with Crippen LogP contribution in [0.3, 0.4) is 0 Å². The van der Waals surface area contributed by atoms with E-state index in [4.69, 9.17) is 0 Å². The Bertz CT molecular complexity index is 455. The van der Waals surface area contributed by atoms with Gasteiger partial charge in [-0.3, -0.25) is 9.58 Å². The Morgan fingerprint density at radius 2 is 2.00 bits per heavy atom. The molecule has 1 fully saturated rings. The first kappa shape index (κ1) is 16.4. The summed E-state index contributed by atoms with van der Waals surface area (Å²) < 4.78 is 1.79. The van der Waals surface area contributed by atoms with Crippen molar-refractivity contribution in [3.63, 3.8) is 0 Å². The van der Waals surface area contributed by atoms with E-state index in [1.165, 1.54) is 0 Å². The zero-order chi connectivity index (χ0) is 15.7. The van der Waals surface area contributed by atoms with Crippen molar-refractivity contribution in [3.05, 3.63) is 11.9 Å². The van der Waals surface area contributed by atoms with Crippen molar-refractivity contribution in [2.75, 3.05) is 13.1 Å². The van der Waals surface area contributed by atoms with E-state index in [-0.39, 0.29) is 11.0 Å². The van der Waals surface area contributed by atoms with Crippen molar-refractivity contribution in [2.24, 2.45) is 12.5 Å². The molecular weight excluding hydrogens is 262 g/mol. The van der Waals surface area contributed by atoms with Crippen LogP contribution in [0.15, 0.2) is 6.20 Å². The van der Waals surface area contributed by atoms with E-state index in [0.29, 0.717) is 6.04 Å². The van der Waals surface area contributed by atoms with Crippen molar-refractivity contribution in [1.82, 2.24) is 25.2 Å². The highest BCUT2D eigenvalue weighted by Crippen LogP contribution is 2.32. The number of nitrogens with zero attached hydrogens (tertiary/aromatic N) is 4. The Hall–Kier alpha value is -0.940. The highest BCUT2D eigenvalue weighted by atomic mass is 15.4. The fourth-order valence-electron chi connectivity index (χ4n) is 3.42. The summed E-state index contributed by atoms with van der Waals surface area (Å²) >= 11 is 0. The van der Waals surface area contributed by atoms with Crippen LogP contribution in [-0.2, 0) is 13.6 Å². The fourth-order valence-corrected chi connectivity index (χ4v) is 3.42. The van der Waals surface area contributed by atoms with Gasteiger partial charge in [0, 0.05) is 44.5 Å². The van der Waals surface area contributed by atoms with Gasteiger partial charge in [-0.05, 0) is 18.3 Å². The van der Waals surface area contributed by atoms with Gasteiger partial charge in [-0.25, -0.2) is 0 Å². The van der Waals surface area contributed by atoms with E-state index >= 15 is 0 Å². The minimum absolute atomic E-state index is 0.240. The summed E-state index contributed by atoms with van der Waals surface area (Å²) in [5.41, 5.74) is 1.56. The Labute approximate surface area is 129 Å². The summed E-state index contributed by atoms with van der Waals surface area (Å²) in [5, 5.41) is 12.2. The Kier molecular flexibility index (Phi) is 4.73. The largest absolute Gasteiger partial charge is 0.308 e. The quantitative estimate of drug-likeness (QED) is 0.924. The average Bonchev–Trinajstić information content (AvgIpc) is 2.82. The molecule has 2 heterocycles. The molecule has 5 heteroatoms. The second kappa shape index (κ2) is 6.05. The standard InChI is InChI=1S/C16H31N5/c1-7-16(8-2)12-21(11-13-10-20(6)19-18-13)14(9-17-16)15(3,4)5/h10,14,17H,7-9,11-12H2,1-6H3. The van der Waals surface area contributed by atoms with Gasteiger partial charge in [0.25, 0.3) is 0 Å². The van der Waals surface area contributed by atoms with Gasteiger partial charge in [-0.1, -0.05) is 39.8 Å². The summed E-state index contributed by atoms with van der Waals surface area (Å²) in [6, 6.07) is 0.519. The topological polar surface area (TPSA) is 46.0 Å². The van der Waals surface area contributed by atoms with Crippen molar-refractivity contribution in [1.29, 1.82) is 0 Å². The van der Waals surface area contributed by atoms with Crippen LogP contribution in [0.4, 0.5) is 0 Å². The first-order chi connectivity index (χ1) is 9.79. The van der Waals surface area contributed by atoms with Crippen molar-refractivity contribution in [3.8, 4) is 0 Å². The molecule has 1 N–H and O–H groups in total. The number of rotatable bonds is 4. The molecule has 120 valence electrons. The van der Waals surface area contributed by atoms with Crippen LogP contribution >= 0.6 is 0 Å². The van der Waals surface area contributed by atoms with E-state index in [1.54, 1.807) is 4.68 Å². The summed E-state index contributed by atoms with van der Waals surface area (Å²) in [6.07, 6.45) is 4.36. The zero-order valence-corrected chi connectivity index (χ0v) is 14.5. The number of aryl methyl sites for hydroxylation is 1. The van der Waals surface area contributed by atoms with Gasteiger partial charge in [0.05, 0.1) is 5.69 Å². The molecule has 1 atom stereocenters. The molecule has 2 rings (SSSR count). The third-order valence-corrected chi connectivity index (χ3v) is 4.99. The number of hydrogen-bond acceptors (Lipinski definition) is 4. The molecule has 1 unspecified atom stereocenters. The highest BCUT2D eigenvalue weighted by Gasteiger charge is 2.41. The van der Waals surface area contributed by atoms with E-state index in [2.05, 4.69) is 55.1 Å². The third-order valence-electron chi connectivity index (χ3n) is 4.99. The lowest BCUT2D eigenvalue weighted by Crippen LogP contribution is -2.66. The molecule has 0 amide bonds. The molecule has 1 aromatic heterocycles. The predicted molar refractivity (Wildman–Crippen MR) is 86.0 cm³/mol. The van der Waals surface area contributed by atoms with Crippen molar-refractivity contribution >= 4 is 0 Å². The SMILES string of the molecule is CCC1(CC)CN(Cc2cn(C)nn2)C(C(C)(C)C)CN1. The highest BCUT2D eigenvalue weighted by molar-refractivity contribution is 5.03. The minimum atomic E-state index is 0.240. The number of piperazine rings is 1. The number of nitrogens with one attached hydrogen (secondary N) is 1. The molecule has 0 aromatic carbocycles. The molecule has 1 aromatic rings. The van der Waals surface area contributed by atoms with E-state index < -0.39 is 0 Å². The minimum Gasteiger partial charge on any atom is -0.308 e. The van der Waals surface area contributed by atoms with E-state index in [1.807, 2.05) is 13.2 Å². The first-order valence-electron chi connectivity index (χ1n) is 8.14. The molecular formula is C16H31N5. The molecule has 1 aliphatic heterocycles. The van der Waals surface area contributed by atoms with Gasteiger partial charge in [0.1, 0.15) is 0 Å². The molecule has 0 bridgehead atoms. The van der Waals surface area contributed by atoms with Crippen LogP contribution in [0, 0.1) is 5.41 Å². The Balaban J connectivity index is 2.20. The van der Waals surface area contributed by atoms with Gasteiger partial charge in [0.2, 0.25) is 0 Å².